The van der Waals surface area contributed by atoms with Crippen LogP contribution in [-0.2, 0) is 13.6 Å². The van der Waals surface area contributed by atoms with Gasteiger partial charge in [0.2, 0.25) is 0 Å². The van der Waals surface area contributed by atoms with Gasteiger partial charge < -0.3 is 9.53 Å². The van der Waals surface area contributed by atoms with E-state index in [1.807, 2.05) is 33.9 Å². The number of carbonyl (C=O) groups is 1. The Morgan fingerprint density at radius 2 is 1.75 bits per heavy atom. The Kier molecular flexibility index (Phi) is 6.97. The predicted molar refractivity (Wildman–Crippen MR) is 75.8 cm³/mol. The first-order chi connectivity index (χ1) is 8.77. The lowest BCUT2D eigenvalue weighted by Crippen LogP contribution is -2.39. The molecule has 0 fully saturated rings. The second-order valence-electron chi connectivity index (χ2n) is 6.09. The van der Waals surface area contributed by atoms with Gasteiger partial charge in [0.1, 0.15) is 0 Å². The molecule has 1 unspecified atom stereocenters. The molecule has 9 heteroatoms. The first kappa shape index (κ1) is 19.7. The molecular weight excluding hydrogens is 310 g/mol. The minimum atomic E-state index is -4.87. The molecule has 0 rings (SSSR count). The molecule has 0 bridgehead atoms. The van der Waals surface area contributed by atoms with Crippen molar-refractivity contribution in [3.8, 4) is 0 Å². The molecule has 1 amide bonds. The van der Waals surface area contributed by atoms with Crippen molar-refractivity contribution in [2.75, 3.05) is 12.7 Å². The summed E-state index contributed by atoms with van der Waals surface area (Å²) in [6.45, 7) is 9.80. The van der Waals surface area contributed by atoms with Crippen LogP contribution in [0.5, 0.6) is 0 Å². The van der Waals surface area contributed by atoms with Crippen molar-refractivity contribution in [1.29, 1.82) is 0 Å². The Hall–Kier alpha value is -0.333. The monoisotopic (exact) mass is 333 g/mol. The van der Waals surface area contributed by atoms with Crippen LogP contribution in [0.2, 0.25) is 18.1 Å². The number of hydrogen-bond donors (Lipinski definition) is 1. The van der Waals surface area contributed by atoms with Crippen LogP contribution in [0.4, 0.5) is 13.2 Å². The number of amides is 1. The zero-order valence-corrected chi connectivity index (χ0v) is 14.5. The maximum atomic E-state index is 11.9. The predicted octanol–water partition coefficient (Wildman–Crippen LogP) is 3.55. The van der Waals surface area contributed by atoms with Crippen molar-refractivity contribution in [3.63, 3.8) is 0 Å². The van der Waals surface area contributed by atoms with E-state index < -0.39 is 28.4 Å². The number of alkyl halides is 3. The number of carbonyl (C=O) groups excluding carboxylic acids is 1. The van der Waals surface area contributed by atoms with Crippen molar-refractivity contribution in [2.24, 2.45) is 0 Å². The summed E-state index contributed by atoms with van der Waals surface area (Å²) in [5, 5.41) is 1.67. The summed E-state index contributed by atoms with van der Waals surface area (Å²) >= 11 is 0. The molecule has 20 heavy (non-hydrogen) atoms. The van der Waals surface area contributed by atoms with Gasteiger partial charge in [0.15, 0.2) is 16.3 Å². The van der Waals surface area contributed by atoms with Gasteiger partial charge in [-0.2, -0.15) is 13.2 Å². The molecule has 0 aromatic heterocycles. The van der Waals surface area contributed by atoms with Gasteiger partial charge in [0.25, 0.3) is 0 Å². The van der Waals surface area contributed by atoms with Gasteiger partial charge in [-0.3, -0.25) is 9.36 Å². The summed E-state index contributed by atoms with van der Waals surface area (Å²) in [4.78, 5) is 10.5. The third-order valence-electron chi connectivity index (χ3n) is 3.28. The largest absolute Gasteiger partial charge is 0.471 e. The number of hydrogen-bond acceptors (Lipinski definition) is 3. The Labute approximate surface area is 119 Å². The van der Waals surface area contributed by atoms with Gasteiger partial charge >= 0.3 is 12.1 Å². The number of halogens is 3. The Morgan fingerprint density at radius 1 is 1.25 bits per heavy atom. The van der Waals surface area contributed by atoms with Gasteiger partial charge in [0.05, 0.1) is 0 Å². The quantitative estimate of drug-likeness (QED) is 0.459. The molecule has 0 aliphatic rings. The van der Waals surface area contributed by atoms with Crippen molar-refractivity contribution in [1.82, 2.24) is 5.32 Å². The topological polar surface area (TPSA) is 55.4 Å². The van der Waals surface area contributed by atoms with E-state index in [9.17, 15) is 22.5 Å². The van der Waals surface area contributed by atoms with E-state index in [1.165, 1.54) is 0 Å². The average Bonchev–Trinajstić information content (AvgIpc) is 2.20. The Balaban J connectivity index is 4.06. The summed E-state index contributed by atoms with van der Waals surface area (Å²) in [6.07, 6.45) is -4.49. The molecule has 0 aliphatic carbocycles. The highest BCUT2D eigenvalue weighted by Gasteiger charge is 2.39. The molecule has 0 aromatic carbocycles. The van der Waals surface area contributed by atoms with Crippen LogP contribution in [0.15, 0.2) is 0 Å². The molecule has 0 aromatic rings. The second kappa shape index (κ2) is 7.09. The molecular formula is C11H23F3NO3PSi. The highest BCUT2D eigenvalue weighted by atomic mass is 31.1. The fraction of sp³-hybridized carbons (Fsp3) is 0.909. The van der Waals surface area contributed by atoms with Gasteiger partial charge in [-0.05, 0) is 24.6 Å². The van der Waals surface area contributed by atoms with Crippen molar-refractivity contribution >= 4 is 22.3 Å². The first-order valence-electron chi connectivity index (χ1n) is 6.34. The minimum absolute atomic E-state index is 0.0716. The SMILES string of the molecule is CC(C)(C)[Si](C)(C)O[PH](=O)CCCNC(=O)C(F)(F)F. The lowest BCUT2D eigenvalue weighted by molar-refractivity contribution is -0.173. The van der Waals surface area contributed by atoms with E-state index in [1.54, 1.807) is 5.32 Å². The van der Waals surface area contributed by atoms with Crippen molar-refractivity contribution < 1.29 is 26.7 Å². The summed E-state index contributed by atoms with van der Waals surface area (Å²) in [6, 6.07) is 0. The zero-order chi connectivity index (χ0) is 16.2. The van der Waals surface area contributed by atoms with E-state index >= 15 is 0 Å². The van der Waals surface area contributed by atoms with E-state index in [4.69, 9.17) is 4.21 Å². The third-order valence-corrected chi connectivity index (χ3v) is 10.6. The molecule has 0 saturated heterocycles. The molecule has 0 saturated carbocycles. The maximum Gasteiger partial charge on any atom is 0.471 e. The van der Waals surface area contributed by atoms with Gasteiger partial charge in [-0.1, -0.05) is 20.8 Å². The molecule has 0 spiro atoms. The molecule has 120 valence electrons. The lowest BCUT2D eigenvalue weighted by Gasteiger charge is -2.35. The standard InChI is InChI=1S/C11H23F3NO3PSi/c1-10(2,3)20(4,5)18-19(17)8-6-7-15-9(16)11(12,13)14/h19H,6-8H2,1-5H3,(H,15,16). The van der Waals surface area contributed by atoms with Crippen LogP contribution in [0.1, 0.15) is 27.2 Å². The molecule has 1 N–H and O–H groups in total. The normalized spacial score (nSPS) is 15.0. The van der Waals surface area contributed by atoms with Crippen molar-refractivity contribution in [2.45, 2.75) is 51.5 Å². The van der Waals surface area contributed by atoms with Gasteiger partial charge in [0, 0.05) is 12.7 Å². The lowest BCUT2D eigenvalue weighted by atomic mass is 10.2. The van der Waals surface area contributed by atoms with Gasteiger partial charge in [-0.25, -0.2) is 0 Å². The Bertz CT molecular complexity index is 367. The van der Waals surface area contributed by atoms with E-state index in [-0.39, 0.29) is 24.2 Å². The second-order valence-corrected chi connectivity index (χ2v) is 12.7. The molecule has 0 radical (unpaired) electrons. The third kappa shape index (κ3) is 6.90. The van der Waals surface area contributed by atoms with Gasteiger partial charge in [-0.15, -0.1) is 0 Å². The summed E-state index contributed by atoms with van der Waals surface area (Å²) in [5.74, 6) is -1.97. The summed E-state index contributed by atoms with van der Waals surface area (Å²) < 4.78 is 53.1. The van der Waals surface area contributed by atoms with Crippen LogP contribution in [-0.4, -0.2) is 33.1 Å². The van der Waals surface area contributed by atoms with Crippen LogP contribution >= 0.6 is 8.03 Å². The van der Waals surface area contributed by atoms with Crippen molar-refractivity contribution in [3.05, 3.63) is 0 Å². The van der Waals surface area contributed by atoms with Crippen LogP contribution in [0, 0.1) is 0 Å². The number of nitrogens with one attached hydrogen (secondary N) is 1. The molecule has 0 aliphatic heterocycles. The van der Waals surface area contributed by atoms with Crippen LogP contribution < -0.4 is 5.32 Å². The fourth-order valence-corrected chi connectivity index (χ4v) is 5.40. The summed E-state index contributed by atoms with van der Waals surface area (Å²) in [5.41, 5.74) is 0. The molecule has 1 atom stereocenters. The smallest absolute Gasteiger partial charge is 0.371 e. The number of rotatable bonds is 6. The first-order valence-corrected chi connectivity index (χ1v) is 10.8. The maximum absolute atomic E-state index is 11.9. The highest BCUT2D eigenvalue weighted by Crippen LogP contribution is 2.42. The van der Waals surface area contributed by atoms with E-state index in [2.05, 4.69) is 0 Å². The molecule has 4 nitrogen and oxygen atoms in total. The minimum Gasteiger partial charge on any atom is -0.371 e. The Morgan fingerprint density at radius 3 is 2.15 bits per heavy atom. The summed E-state index contributed by atoms with van der Waals surface area (Å²) in [7, 11) is -4.40. The molecule has 0 heterocycles. The fourth-order valence-electron chi connectivity index (χ4n) is 1.02. The average molecular weight is 333 g/mol. The van der Waals surface area contributed by atoms with E-state index in [0.29, 0.717) is 0 Å². The van der Waals surface area contributed by atoms with Crippen LogP contribution in [0.25, 0.3) is 0 Å². The zero-order valence-electron chi connectivity index (χ0n) is 12.5. The highest BCUT2D eigenvalue weighted by molar-refractivity contribution is 7.41. The van der Waals surface area contributed by atoms with E-state index in [0.717, 1.165) is 0 Å². The van der Waals surface area contributed by atoms with Crippen LogP contribution in [0.3, 0.4) is 0 Å².